The number of hydrogen-bond acceptors (Lipinski definition) is 3. The SMILES string of the molecule is [2H]C([2H])c1c(O)ccc(O)c1C(CCCCN(C(C)C)C(C)C)c1ccccc1. The monoisotopic (exact) mass is 371 g/mol. The Morgan fingerprint density at radius 1 is 0.889 bits per heavy atom. The van der Waals surface area contributed by atoms with Crippen LogP contribution in [0.15, 0.2) is 42.5 Å². The zero-order valence-electron chi connectivity index (χ0n) is 19.0. The average Bonchev–Trinajstić information content (AvgIpc) is 2.66. The molecule has 2 aromatic rings. The van der Waals surface area contributed by atoms with Crippen LogP contribution in [0, 0.1) is 6.88 Å². The summed E-state index contributed by atoms with van der Waals surface area (Å²) < 4.78 is 15.8. The molecule has 0 bridgehead atoms. The molecule has 0 radical (unpaired) electrons. The zero-order chi connectivity index (χ0) is 21.6. The summed E-state index contributed by atoms with van der Waals surface area (Å²) in [7, 11) is 0. The molecule has 148 valence electrons. The fourth-order valence-corrected chi connectivity index (χ4v) is 3.90. The second-order valence-electron chi connectivity index (χ2n) is 7.82. The first kappa shape index (κ1) is 18.4. The summed E-state index contributed by atoms with van der Waals surface area (Å²) in [5.74, 6) is -0.218. The maximum Gasteiger partial charge on any atom is 0.119 e. The van der Waals surface area contributed by atoms with Crippen molar-refractivity contribution in [3.63, 3.8) is 0 Å². The Balaban J connectivity index is 2.28. The van der Waals surface area contributed by atoms with E-state index >= 15 is 0 Å². The van der Waals surface area contributed by atoms with Gasteiger partial charge in [-0.3, -0.25) is 4.90 Å². The molecule has 0 heterocycles. The molecule has 2 aromatic carbocycles. The summed E-state index contributed by atoms with van der Waals surface area (Å²) in [6, 6.07) is 13.7. The number of nitrogens with zero attached hydrogens (tertiary/aromatic N) is 1. The van der Waals surface area contributed by atoms with E-state index in [1.54, 1.807) is 0 Å². The van der Waals surface area contributed by atoms with Gasteiger partial charge in [0.2, 0.25) is 0 Å². The first-order chi connectivity index (χ1) is 13.7. The lowest BCUT2D eigenvalue weighted by Gasteiger charge is -2.30. The molecular weight excluding hydrogens is 334 g/mol. The highest BCUT2D eigenvalue weighted by atomic mass is 16.3. The summed E-state index contributed by atoms with van der Waals surface area (Å²) in [6.07, 6.45) is 2.76. The van der Waals surface area contributed by atoms with Crippen LogP contribution in [0.1, 0.15) is 72.3 Å². The normalized spacial score (nSPS) is 14.1. The van der Waals surface area contributed by atoms with E-state index in [4.69, 9.17) is 2.74 Å². The Kier molecular flexibility index (Phi) is 6.66. The summed E-state index contributed by atoms with van der Waals surface area (Å²) in [6.45, 7) is 8.51. The molecule has 2 N–H and O–H groups in total. The molecule has 2 rings (SSSR count). The zero-order valence-corrected chi connectivity index (χ0v) is 17.0. The number of benzene rings is 2. The van der Waals surface area contributed by atoms with Gasteiger partial charge in [-0.05, 0) is 77.2 Å². The maximum atomic E-state index is 10.6. The van der Waals surface area contributed by atoms with Crippen molar-refractivity contribution in [2.24, 2.45) is 0 Å². The fourth-order valence-electron chi connectivity index (χ4n) is 3.90. The van der Waals surface area contributed by atoms with Crippen molar-refractivity contribution in [2.45, 2.75) is 71.8 Å². The molecule has 0 aliphatic rings. The lowest BCUT2D eigenvalue weighted by molar-refractivity contribution is 0.171. The molecule has 0 aromatic heterocycles. The van der Waals surface area contributed by atoms with E-state index in [0.717, 1.165) is 31.4 Å². The Labute approximate surface area is 167 Å². The van der Waals surface area contributed by atoms with Gasteiger partial charge in [0.1, 0.15) is 11.5 Å². The van der Waals surface area contributed by atoms with Crippen LogP contribution in [-0.2, 0) is 0 Å². The third-order valence-electron chi connectivity index (χ3n) is 5.28. The van der Waals surface area contributed by atoms with E-state index in [-0.39, 0.29) is 23.0 Å². The van der Waals surface area contributed by atoms with Crippen molar-refractivity contribution in [1.29, 1.82) is 0 Å². The molecule has 0 amide bonds. The highest BCUT2D eigenvalue weighted by Crippen LogP contribution is 2.40. The predicted octanol–water partition coefficient (Wildman–Crippen LogP) is 5.83. The molecule has 0 fully saturated rings. The van der Waals surface area contributed by atoms with Gasteiger partial charge in [-0.2, -0.15) is 0 Å². The van der Waals surface area contributed by atoms with Gasteiger partial charge in [0, 0.05) is 26.3 Å². The van der Waals surface area contributed by atoms with Crippen LogP contribution < -0.4 is 0 Å². The van der Waals surface area contributed by atoms with E-state index in [1.165, 1.54) is 12.1 Å². The van der Waals surface area contributed by atoms with Gasteiger partial charge in [-0.25, -0.2) is 0 Å². The van der Waals surface area contributed by atoms with Crippen LogP contribution in [-0.4, -0.2) is 33.7 Å². The summed E-state index contributed by atoms with van der Waals surface area (Å²) in [5, 5.41) is 20.9. The largest absolute Gasteiger partial charge is 0.508 e. The first-order valence-electron chi connectivity index (χ1n) is 11.1. The molecule has 0 spiro atoms. The third kappa shape index (κ3) is 5.49. The molecular formula is C24H35NO2. The van der Waals surface area contributed by atoms with Gasteiger partial charge >= 0.3 is 0 Å². The van der Waals surface area contributed by atoms with Crippen molar-refractivity contribution in [3.05, 3.63) is 59.2 Å². The fraction of sp³-hybridized carbons (Fsp3) is 0.500. The highest BCUT2D eigenvalue weighted by molar-refractivity contribution is 5.51. The molecule has 0 aliphatic carbocycles. The topological polar surface area (TPSA) is 43.7 Å². The molecule has 0 saturated carbocycles. The van der Waals surface area contributed by atoms with Crippen LogP contribution >= 0.6 is 0 Å². The molecule has 3 heteroatoms. The lowest BCUT2D eigenvalue weighted by atomic mass is 9.84. The van der Waals surface area contributed by atoms with Crippen molar-refractivity contribution in [1.82, 2.24) is 4.90 Å². The van der Waals surface area contributed by atoms with Gasteiger partial charge in [-0.15, -0.1) is 0 Å². The smallest absolute Gasteiger partial charge is 0.119 e. The van der Waals surface area contributed by atoms with Crippen LogP contribution in [0.3, 0.4) is 0 Å². The predicted molar refractivity (Wildman–Crippen MR) is 114 cm³/mol. The summed E-state index contributed by atoms with van der Waals surface area (Å²) in [5.41, 5.74) is 1.74. The van der Waals surface area contributed by atoms with Gasteiger partial charge in [0.05, 0.1) is 0 Å². The van der Waals surface area contributed by atoms with E-state index in [1.807, 2.05) is 30.3 Å². The van der Waals surface area contributed by atoms with Gasteiger partial charge in [0.25, 0.3) is 0 Å². The summed E-state index contributed by atoms with van der Waals surface area (Å²) in [4.78, 5) is 2.47. The number of phenols is 2. The van der Waals surface area contributed by atoms with Crippen LogP contribution in [0.2, 0.25) is 0 Å². The van der Waals surface area contributed by atoms with E-state index in [2.05, 4.69) is 32.6 Å². The van der Waals surface area contributed by atoms with E-state index < -0.39 is 6.88 Å². The third-order valence-corrected chi connectivity index (χ3v) is 5.28. The molecule has 0 saturated heterocycles. The van der Waals surface area contributed by atoms with Crippen molar-refractivity contribution < 1.29 is 13.0 Å². The minimum atomic E-state index is -1.36. The second kappa shape index (κ2) is 9.80. The minimum absolute atomic E-state index is 0.0436. The second-order valence-corrected chi connectivity index (χ2v) is 7.82. The number of rotatable bonds is 9. The van der Waals surface area contributed by atoms with Crippen LogP contribution in [0.5, 0.6) is 11.5 Å². The Morgan fingerprint density at radius 2 is 1.52 bits per heavy atom. The van der Waals surface area contributed by atoms with Gasteiger partial charge < -0.3 is 10.2 Å². The van der Waals surface area contributed by atoms with Gasteiger partial charge in [0.15, 0.2) is 0 Å². The average molecular weight is 372 g/mol. The molecule has 27 heavy (non-hydrogen) atoms. The number of unbranched alkanes of at least 4 members (excludes halogenated alkanes) is 1. The van der Waals surface area contributed by atoms with E-state index in [0.29, 0.717) is 17.6 Å². The number of phenolic OH excluding ortho intramolecular Hbond substituents is 2. The molecule has 1 atom stereocenters. The van der Waals surface area contributed by atoms with Crippen LogP contribution in [0.25, 0.3) is 0 Å². The molecule has 3 nitrogen and oxygen atoms in total. The minimum Gasteiger partial charge on any atom is -0.508 e. The summed E-state index contributed by atoms with van der Waals surface area (Å²) >= 11 is 0. The quantitative estimate of drug-likeness (QED) is 0.431. The van der Waals surface area contributed by atoms with Crippen molar-refractivity contribution in [3.8, 4) is 11.5 Å². The van der Waals surface area contributed by atoms with Crippen molar-refractivity contribution >= 4 is 0 Å². The molecule has 0 aliphatic heterocycles. The maximum absolute atomic E-state index is 10.6. The lowest BCUT2D eigenvalue weighted by Crippen LogP contribution is -2.37. The van der Waals surface area contributed by atoms with Crippen LogP contribution in [0.4, 0.5) is 0 Å². The Hall–Kier alpha value is -2.00. The number of aromatic hydroxyl groups is 2. The van der Waals surface area contributed by atoms with Crippen molar-refractivity contribution in [2.75, 3.05) is 6.54 Å². The Bertz CT molecular complexity index is 755. The molecule has 1 unspecified atom stereocenters. The van der Waals surface area contributed by atoms with Gasteiger partial charge in [-0.1, -0.05) is 36.8 Å². The highest BCUT2D eigenvalue weighted by Gasteiger charge is 2.22. The van der Waals surface area contributed by atoms with E-state index in [9.17, 15) is 10.2 Å². The standard InChI is InChI=1S/C24H35NO2/c1-17(2)25(18(3)4)16-10-9-13-21(20-11-7-6-8-12-20)24-19(5)22(26)14-15-23(24)27/h6-8,11-12,14-15,17-18,21,26-27H,9-10,13,16H2,1-5H3/i5D2. The first-order valence-corrected chi connectivity index (χ1v) is 9.93. The Morgan fingerprint density at radius 3 is 2.11 bits per heavy atom. The number of hydrogen-bond donors (Lipinski definition) is 2.